The number of benzene rings is 2. The number of carbonyl (C=O) groups is 2. The van der Waals surface area contributed by atoms with E-state index in [0.29, 0.717) is 6.54 Å². The van der Waals surface area contributed by atoms with Gasteiger partial charge in [-0.05, 0) is 57.4 Å². The average Bonchev–Trinajstić information content (AvgIpc) is 2.64. The van der Waals surface area contributed by atoms with E-state index in [9.17, 15) is 9.59 Å². The number of carbonyl (C=O) groups excluding carboxylic acids is 2. The van der Waals surface area contributed by atoms with Crippen molar-refractivity contribution in [1.82, 2.24) is 10.2 Å². The van der Waals surface area contributed by atoms with Crippen molar-refractivity contribution >= 4 is 27.7 Å². The van der Waals surface area contributed by atoms with Crippen LogP contribution < -0.4 is 5.32 Å². The van der Waals surface area contributed by atoms with Gasteiger partial charge in [0.25, 0.3) is 0 Å². The highest BCUT2D eigenvalue weighted by molar-refractivity contribution is 9.10. The highest BCUT2D eigenvalue weighted by atomic mass is 79.9. The van der Waals surface area contributed by atoms with Gasteiger partial charge in [-0.3, -0.25) is 9.59 Å². The molecule has 0 aliphatic carbocycles. The van der Waals surface area contributed by atoms with E-state index in [-0.39, 0.29) is 24.3 Å². The van der Waals surface area contributed by atoms with Crippen LogP contribution in [0.3, 0.4) is 0 Å². The Morgan fingerprint density at radius 1 is 1.03 bits per heavy atom. The van der Waals surface area contributed by atoms with Gasteiger partial charge in [0.15, 0.2) is 0 Å². The number of amides is 2. The minimum Gasteiger partial charge on any atom is -0.352 e. The minimum absolute atomic E-state index is 0.0539. The Morgan fingerprint density at radius 2 is 1.69 bits per heavy atom. The van der Waals surface area contributed by atoms with E-state index < -0.39 is 6.04 Å². The molecule has 2 aromatic rings. The summed E-state index contributed by atoms with van der Waals surface area (Å²) in [5.41, 5.74) is 4.22. The Hall–Kier alpha value is -2.14. The van der Waals surface area contributed by atoms with Crippen LogP contribution in [-0.2, 0) is 22.6 Å². The fourth-order valence-corrected chi connectivity index (χ4v) is 3.77. The molecule has 2 atom stereocenters. The van der Waals surface area contributed by atoms with Gasteiger partial charge in [0.05, 0.1) is 6.42 Å². The minimum atomic E-state index is -0.554. The monoisotopic (exact) mass is 458 g/mol. The number of aryl methyl sites for hydroxylation is 2. The molecule has 2 amide bonds. The number of nitrogens with zero attached hydrogens (tertiary/aromatic N) is 1. The van der Waals surface area contributed by atoms with E-state index in [0.717, 1.165) is 33.1 Å². The van der Waals surface area contributed by atoms with Crippen LogP contribution in [0.5, 0.6) is 0 Å². The van der Waals surface area contributed by atoms with Gasteiger partial charge >= 0.3 is 0 Å². The molecule has 156 valence electrons. The molecule has 0 saturated heterocycles. The van der Waals surface area contributed by atoms with E-state index in [1.165, 1.54) is 0 Å². The Kier molecular flexibility index (Phi) is 8.45. The summed E-state index contributed by atoms with van der Waals surface area (Å²) in [6.07, 6.45) is 1.12. The zero-order valence-corrected chi connectivity index (χ0v) is 19.5. The lowest BCUT2D eigenvalue weighted by Crippen LogP contribution is -2.49. The first-order chi connectivity index (χ1) is 13.7. The fraction of sp³-hybridized carbons (Fsp3) is 0.417. The third-order valence-corrected chi connectivity index (χ3v) is 5.54. The highest BCUT2D eigenvalue weighted by Crippen LogP contribution is 2.17. The first-order valence-electron chi connectivity index (χ1n) is 10.1. The normalized spacial score (nSPS) is 12.9. The van der Waals surface area contributed by atoms with Gasteiger partial charge in [-0.15, -0.1) is 0 Å². The number of hydrogen-bond acceptors (Lipinski definition) is 2. The molecule has 0 unspecified atom stereocenters. The van der Waals surface area contributed by atoms with Crippen molar-refractivity contribution in [2.45, 2.75) is 66.1 Å². The number of rotatable bonds is 8. The van der Waals surface area contributed by atoms with Crippen LogP contribution in [0, 0.1) is 13.8 Å². The zero-order valence-electron chi connectivity index (χ0n) is 18.0. The maximum Gasteiger partial charge on any atom is 0.242 e. The lowest BCUT2D eigenvalue weighted by Gasteiger charge is -2.30. The second-order valence-corrected chi connectivity index (χ2v) is 8.73. The molecular formula is C24H31BrN2O2. The fourth-order valence-electron chi connectivity index (χ4n) is 3.33. The van der Waals surface area contributed by atoms with Crippen molar-refractivity contribution in [3.05, 3.63) is 69.2 Å². The molecule has 0 fully saturated rings. The van der Waals surface area contributed by atoms with Crippen LogP contribution in [0.15, 0.2) is 46.9 Å². The van der Waals surface area contributed by atoms with Crippen molar-refractivity contribution < 1.29 is 9.59 Å². The Balaban J connectivity index is 2.26. The lowest BCUT2D eigenvalue weighted by molar-refractivity contribution is -0.140. The quantitative estimate of drug-likeness (QED) is 0.608. The van der Waals surface area contributed by atoms with Crippen molar-refractivity contribution in [3.8, 4) is 0 Å². The van der Waals surface area contributed by atoms with Gasteiger partial charge < -0.3 is 10.2 Å². The first kappa shape index (κ1) is 23.1. The molecule has 0 heterocycles. The molecule has 0 aliphatic rings. The molecule has 0 bridgehead atoms. The molecule has 1 N–H and O–H groups in total. The third kappa shape index (κ3) is 7.00. The Morgan fingerprint density at radius 3 is 2.28 bits per heavy atom. The number of hydrogen-bond donors (Lipinski definition) is 1. The van der Waals surface area contributed by atoms with Crippen molar-refractivity contribution in [2.24, 2.45) is 0 Å². The average molecular weight is 459 g/mol. The summed E-state index contributed by atoms with van der Waals surface area (Å²) in [7, 11) is 0. The zero-order chi connectivity index (χ0) is 21.6. The van der Waals surface area contributed by atoms with Crippen LogP contribution >= 0.6 is 15.9 Å². The van der Waals surface area contributed by atoms with Crippen LogP contribution in [0.4, 0.5) is 0 Å². The van der Waals surface area contributed by atoms with E-state index in [2.05, 4.69) is 27.3 Å². The molecular weight excluding hydrogens is 428 g/mol. The SMILES string of the molecule is CC[C@@H](C)NC(=O)[C@H](C)N(Cc1cccc(Br)c1)C(=O)Cc1cc(C)cc(C)c1. The summed E-state index contributed by atoms with van der Waals surface area (Å²) in [5, 5.41) is 3.00. The molecule has 0 aliphatic heterocycles. The van der Waals surface area contributed by atoms with Gasteiger partial charge in [0.2, 0.25) is 11.8 Å². The number of nitrogens with one attached hydrogen (secondary N) is 1. The smallest absolute Gasteiger partial charge is 0.242 e. The Bertz CT molecular complexity index is 845. The largest absolute Gasteiger partial charge is 0.352 e. The van der Waals surface area contributed by atoms with Crippen LogP contribution in [-0.4, -0.2) is 28.8 Å². The van der Waals surface area contributed by atoms with Gasteiger partial charge in [0.1, 0.15) is 6.04 Å². The summed E-state index contributed by atoms with van der Waals surface area (Å²) < 4.78 is 0.952. The van der Waals surface area contributed by atoms with Gasteiger partial charge in [-0.25, -0.2) is 0 Å². The van der Waals surface area contributed by atoms with Gasteiger partial charge in [0, 0.05) is 17.1 Å². The maximum absolute atomic E-state index is 13.3. The second kappa shape index (κ2) is 10.6. The van der Waals surface area contributed by atoms with E-state index >= 15 is 0 Å². The molecule has 4 nitrogen and oxygen atoms in total. The standard InChI is InChI=1S/C24H31BrN2O2/c1-6-18(4)26-24(29)19(5)27(15-20-8-7-9-22(25)13-20)23(28)14-21-11-16(2)10-17(3)12-21/h7-13,18-19H,6,14-15H2,1-5H3,(H,26,29)/t18-,19+/m1/s1. The molecule has 2 aromatic carbocycles. The van der Waals surface area contributed by atoms with Crippen LogP contribution in [0.2, 0.25) is 0 Å². The molecule has 0 spiro atoms. The van der Waals surface area contributed by atoms with Crippen molar-refractivity contribution in [3.63, 3.8) is 0 Å². The Labute approximate surface area is 182 Å². The van der Waals surface area contributed by atoms with Crippen LogP contribution in [0.25, 0.3) is 0 Å². The topological polar surface area (TPSA) is 49.4 Å². The van der Waals surface area contributed by atoms with Crippen molar-refractivity contribution in [1.29, 1.82) is 0 Å². The van der Waals surface area contributed by atoms with Crippen LogP contribution in [0.1, 0.15) is 49.4 Å². The predicted molar refractivity (Wildman–Crippen MR) is 122 cm³/mol. The summed E-state index contributed by atoms with van der Waals surface area (Å²) in [4.78, 5) is 27.7. The third-order valence-electron chi connectivity index (χ3n) is 5.05. The predicted octanol–water partition coefficient (Wildman–Crippen LogP) is 4.94. The van der Waals surface area contributed by atoms with Gasteiger partial charge in [-0.1, -0.05) is 64.3 Å². The number of halogens is 1. The van der Waals surface area contributed by atoms with E-state index in [4.69, 9.17) is 0 Å². The van der Waals surface area contributed by atoms with Gasteiger partial charge in [-0.2, -0.15) is 0 Å². The molecule has 5 heteroatoms. The summed E-state index contributed by atoms with van der Waals surface area (Å²) in [5.74, 6) is -0.176. The molecule has 0 radical (unpaired) electrons. The van der Waals surface area contributed by atoms with Crippen molar-refractivity contribution in [2.75, 3.05) is 0 Å². The summed E-state index contributed by atoms with van der Waals surface area (Å²) in [6, 6.07) is 13.5. The van der Waals surface area contributed by atoms with E-state index in [1.54, 1.807) is 11.8 Å². The first-order valence-corrected chi connectivity index (χ1v) is 10.9. The summed E-state index contributed by atoms with van der Waals surface area (Å²) >= 11 is 3.48. The molecule has 2 rings (SSSR count). The maximum atomic E-state index is 13.3. The van der Waals surface area contributed by atoms with E-state index in [1.807, 2.05) is 64.1 Å². The molecule has 0 aromatic heterocycles. The molecule has 0 saturated carbocycles. The molecule has 29 heavy (non-hydrogen) atoms. The second-order valence-electron chi connectivity index (χ2n) is 7.82. The lowest BCUT2D eigenvalue weighted by atomic mass is 10.0. The summed E-state index contributed by atoms with van der Waals surface area (Å²) in [6.45, 7) is 10.2. The highest BCUT2D eigenvalue weighted by Gasteiger charge is 2.27.